The minimum absolute atomic E-state index is 0.0363. The molecule has 0 amide bonds. The molecule has 35 heavy (non-hydrogen) atoms. The van der Waals surface area contributed by atoms with Crippen molar-refractivity contribution in [2.75, 3.05) is 0 Å². The number of rotatable bonds is 5. The fourth-order valence-electron chi connectivity index (χ4n) is 3.11. The van der Waals surface area contributed by atoms with Crippen LogP contribution in [0.2, 0.25) is 25.1 Å². The van der Waals surface area contributed by atoms with E-state index >= 15 is 0 Å². The van der Waals surface area contributed by atoms with Crippen molar-refractivity contribution < 1.29 is 5.11 Å². The number of halogens is 5. The molecular weight excluding hydrogens is 552 g/mol. The molecule has 1 N–H and O–H groups in total. The summed E-state index contributed by atoms with van der Waals surface area (Å²) in [6, 6.07) is 11.3. The van der Waals surface area contributed by atoms with Gasteiger partial charge in [0.1, 0.15) is 24.8 Å². The Morgan fingerprint density at radius 1 is 0.886 bits per heavy atom. The Bertz CT molecular complexity index is 1200. The third-order valence-electron chi connectivity index (χ3n) is 5.51. The van der Waals surface area contributed by atoms with Crippen LogP contribution in [-0.4, -0.2) is 25.5 Å². The van der Waals surface area contributed by atoms with Crippen molar-refractivity contribution >= 4 is 58.0 Å². The van der Waals surface area contributed by atoms with E-state index in [9.17, 15) is 5.11 Å². The molecule has 6 nitrogen and oxygen atoms in total. The Balaban J connectivity index is 0.000000269. The van der Waals surface area contributed by atoms with Crippen LogP contribution >= 0.6 is 58.0 Å². The minimum atomic E-state index is -0.861. The van der Waals surface area contributed by atoms with E-state index in [4.69, 9.17) is 68.5 Å². The summed E-state index contributed by atoms with van der Waals surface area (Å²) in [6.07, 6.45) is 4.57. The third-order valence-corrected chi connectivity index (χ3v) is 7.47. The van der Waals surface area contributed by atoms with Crippen LogP contribution in [-0.2, 0) is 13.0 Å². The molecule has 184 valence electrons. The maximum Gasteiger partial charge on any atom is 0.137 e. The number of aromatic nitrogens is 3. The summed E-state index contributed by atoms with van der Waals surface area (Å²) in [7, 11) is 0. The second-order valence-electron chi connectivity index (χ2n) is 8.73. The van der Waals surface area contributed by atoms with Gasteiger partial charge in [-0.25, -0.2) is 4.98 Å². The highest BCUT2D eigenvalue weighted by Crippen LogP contribution is 2.40. The lowest BCUT2D eigenvalue weighted by Crippen LogP contribution is -2.47. The number of nitriles is 2. The lowest BCUT2D eigenvalue weighted by molar-refractivity contribution is -0.0796. The van der Waals surface area contributed by atoms with Crippen LogP contribution in [0.15, 0.2) is 36.9 Å². The highest BCUT2D eigenvalue weighted by molar-refractivity contribution is 6.50. The number of hydrogen-bond acceptors (Lipinski definition) is 5. The second-order valence-corrected chi connectivity index (χ2v) is 10.7. The van der Waals surface area contributed by atoms with Gasteiger partial charge in [0.25, 0.3) is 0 Å². The van der Waals surface area contributed by atoms with Gasteiger partial charge in [-0.1, -0.05) is 90.9 Å². The smallest absolute Gasteiger partial charge is 0.137 e. The predicted molar refractivity (Wildman–Crippen MR) is 140 cm³/mol. The number of benzene rings is 2. The van der Waals surface area contributed by atoms with Crippen molar-refractivity contribution in [1.82, 2.24) is 14.8 Å². The fourth-order valence-corrected chi connectivity index (χ4v) is 4.30. The maximum atomic E-state index is 11.1. The maximum absolute atomic E-state index is 11.1. The van der Waals surface area contributed by atoms with Gasteiger partial charge in [0.05, 0.1) is 43.4 Å². The van der Waals surface area contributed by atoms with Crippen LogP contribution in [0.3, 0.4) is 0 Å². The Morgan fingerprint density at radius 3 is 1.86 bits per heavy atom. The van der Waals surface area contributed by atoms with Crippen LogP contribution in [0.4, 0.5) is 0 Å². The molecule has 0 radical (unpaired) electrons. The number of aryl methyl sites for hydroxylation is 1. The van der Waals surface area contributed by atoms with E-state index in [0.29, 0.717) is 13.0 Å². The average molecular weight is 574 g/mol. The molecule has 0 aliphatic carbocycles. The van der Waals surface area contributed by atoms with Gasteiger partial charge in [-0.05, 0) is 36.0 Å². The molecule has 1 atom stereocenters. The van der Waals surface area contributed by atoms with Crippen LogP contribution < -0.4 is 0 Å². The highest BCUT2D eigenvalue weighted by Gasteiger charge is 2.40. The quantitative estimate of drug-likeness (QED) is 0.254. The molecule has 3 aromatic rings. The normalized spacial score (nSPS) is 12.7. The van der Waals surface area contributed by atoms with Crippen molar-refractivity contribution in [2.24, 2.45) is 5.41 Å². The van der Waals surface area contributed by atoms with Gasteiger partial charge >= 0.3 is 0 Å². The van der Waals surface area contributed by atoms with Gasteiger partial charge in [0.15, 0.2) is 0 Å². The molecule has 0 spiro atoms. The molecule has 0 bridgehead atoms. The summed E-state index contributed by atoms with van der Waals surface area (Å²) in [6.45, 7) is 6.58. The molecule has 0 fully saturated rings. The molecule has 0 saturated heterocycles. The molecule has 1 heterocycles. The van der Waals surface area contributed by atoms with Crippen molar-refractivity contribution in [1.29, 1.82) is 10.5 Å². The first-order valence-electron chi connectivity index (χ1n) is 10.3. The summed E-state index contributed by atoms with van der Waals surface area (Å²) in [5.74, 6) is 0. The molecular formula is C24H22Cl5N5O. The highest BCUT2D eigenvalue weighted by atomic mass is 35.5. The number of nitrogens with zero attached hydrogens (tertiary/aromatic N) is 5. The summed E-state index contributed by atoms with van der Waals surface area (Å²) >= 11 is 28.7. The van der Waals surface area contributed by atoms with Gasteiger partial charge < -0.3 is 5.11 Å². The minimum Gasteiger partial charge on any atom is -0.387 e. The number of aliphatic hydroxyl groups is 1. The van der Waals surface area contributed by atoms with Crippen LogP contribution in [0.1, 0.15) is 43.9 Å². The summed E-state index contributed by atoms with van der Waals surface area (Å²) in [5.41, 5.74) is -0.0367. The van der Waals surface area contributed by atoms with Crippen molar-refractivity contribution in [3.8, 4) is 12.1 Å². The van der Waals surface area contributed by atoms with Crippen LogP contribution in [0.25, 0.3) is 0 Å². The lowest BCUT2D eigenvalue weighted by Gasteiger charge is -2.40. The molecule has 11 heteroatoms. The largest absolute Gasteiger partial charge is 0.387 e. The summed E-state index contributed by atoms with van der Waals surface area (Å²) in [4.78, 5) is 3.94. The zero-order chi connectivity index (χ0) is 26.4. The number of hydrogen-bond donors (Lipinski definition) is 1. The monoisotopic (exact) mass is 571 g/mol. The van der Waals surface area contributed by atoms with Gasteiger partial charge in [0.2, 0.25) is 0 Å². The topological polar surface area (TPSA) is 98.5 Å². The lowest BCUT2D eigenvalue weighted by atomic mass is 9.73. The zero-order valence-electron chi connectivity index (χ0n) is 19.2. The van der Waals surface area contributed by atoms with E-state index in [2.05, 4.69) is 10.1 Å². The second kappa shape index (κ2) is 12.3. The van der Waals surface area contributed by atoms with Crippen molar-refractivity contribution in [2.45, 2.75) is 45.8 Å². The van der Waals surface area contributed by atoms with E-state index in [1.807, 2.05) is 45.0 Å². The van der Waals surface area contributed by atoms with Crippen LogP contribution in [0.5, 0.6) is 0 Å². The first kappa shape index (κ1) is 29.2. The molecule has 3 rings (SSSR count). The van der Waals surface area contributed by atoms with E-state index in [1.54, 1.807) is 23.1 Å². The van der Waals surface area contributed by atoms with Crippen molar-refractivity contribution in [3.63, 3.8) is 0 Å². The first-order valence-corrected chi connectivity index (χ1v) is 12.2. The van der Waals surface area contributed by atoms with E-state index < -0.39 is 5.60 Å². The molecule has 2 aromatic carbocycles. The summed E-state index contributed by atoms with van der Waals surface area (Å²) in [5, 5.41) is 33.2. The Kier molecular flexibility index (Phi) is 10.2. The molecule has 1 unspecified atom stereocenters. The molecule has 0 aliphatic heterocycles. The van der Waals surface area contributed by atoms with E-state index in [1.165, 1.54) is 11.9 Å². The first-order chi connectivity index (χ1) is 16.3. The summed E-state index contributed by atoms with van der Waals surface area (Å²) < 4.78 is 1.69. The Morgan fingerprint density at radius 2 is 1.43 bits per heavy atom. The Labute approximate surface area is 229 Å². The molecule has 1 aromatic heterocycles. The third kappa shape index (κ3) is 7.24. The van der Waals surface area contributed by atoms with Gasteiger partial charge in [0, 0.05) is 5.02 Å². The molecule has 0 saturated carbocycles. The van der Waals surface area contributed by atoms with Crippen molar-refractivity contribution in [3.05, 3.63) is 78.7 Å². The zero-order valence-corrected chi connectivity index (χ0v) is 22.9. The van der Waals surface area contributed by atoms with Crippen LogP contribution in [0, 0.1) is 28.1 Å². The standard InChI is InChI=1S/C16H22ClN3O.C8Cl4N2/c1-15(2,3)16(21,10-20-12-18-11-19-20)9-8-13-4-6-14(17)7-5-13;9-5-3(1-13)6(10)8(12)7(11)4(5)2-14/h4-7,11-12,21H,8-10H2,1-3H3;. The van der Waals surface area contributed by atoms with Gasteiger partial charge in [-0.2, -0.15) is 15.6 Å². The average Bonchev–Trinajstić information content (AvgIpc) is 3.30. The SMILES string of the molecule is CC(C)(C)C(O)(CCc1ccc(Cl)cc1)Cn1cncn1.N#Cc1c(Cl)c(Cl)c(Cl)c(C#N)c1Cl. The Hall–Kier alpha value is -2.03. The van der Waals surface area contributed by atoms with Gasteiger partial charge in [-0.3, -0.25) is 4.68 Å². The van der Waals surface area contributed by atoms with E-state index in [0.717, 1.165) is 11.4 Å². The fraction of sp³-hybridized carbons (Fsp3) is 0.333. The molecule has 0 aliphatic rings. The van der Waals surface area contributed by atoms with E-state index in [-0.39, 0.29) is 36.6 Å². The van der Waals surface area contributed by atoms with Gasteiger partial charge in [-0.15, -0.1) is 0 Å². The predicted octanol–water partition coefficient (Wildman–Crippen LogP) is 7.39.